The molecule has 1 fully saturated rings. The molecular weight excluding hydrogens is 372 g/mol. The van der Waals surface area contributed by atoms with Crippen LogP contribution in [-0.2, 0) is 11.2 Å². The van der Waals surface area contributed by atoms with Gasteiger partial charge in [-0.05, 0) is 73.0 Å². The number of ketones is 1. The third kappa shape index (κ3) is 5.38. The van der Waals surface area contributed by atoms with Crippen molar-refractivity contribution in [2.45, 2.75) is 71.6 Å². The Kier molecular flexibility index (Phi) is 6.80. The molecule has 0 bridgehead atoms. The number of hydrogen-bond acceptors (Lipinski definition) is 2. The number of carboxylic acid groups (broad SMARTS) is 1. The molecule has 0 heterocycles. The SMILES string of the molecule is CC(=O)c1ccc(C[C@@H](C(=O)O)c2ccc(C3CCC(C(C)(C)C)CC3)cc2)cc1. The number of Topliss-reactive ketones (excluding diaryl/α,β-unsaturated/α-hetero) is 1. The fourth-order valence-corrected chi connectivity index (χ4v) is 4.75. The molecule has 0 amide bonds. The summed E-state index contributed by atoms with van der Waals surface area (Å²) < 4.78 is 0. The van der Waals surface area contributed by atoms with E-state index >= 15 is 0 Å². The molecule has 3 rings (SSSR count). The van der Waals surface area contributed by atoms with Gasteiger partial charge in [-0.3, -0.25) is 9.59 Å². The molecule has 2 aromatic carbocycles. The van der Waals surface area contributed by atoms with E-state index in [-0.39, 0.29) is 5.78 Å². The molecule has 1 aliphatic carbocycles. The predicted molar refractivity (Wildman–Crippen MR) is 121 cm³/mol. The second-order valence-electron chi connectivity index (χ2n) is 9.93. The van der Waals surface area contributed by atoms with Gasteiger partial charge in [0.2, 0.25) is 0 Å². The van der Waals surface area contributed by atoms with Gasteiger partial charge in [-0.25, -0.2) is 0 Å². The van der Waals surface area contributed by atoms with Crippen LogP contribution in [0, 0.1) is 11.3 Å². The van der Waals surface area contributed by atoms with Gasteiger partial charge in [-0.2, -0.15) is 0 Å². The van der Waals surface area contributed by atoms with Crippen molar-refractivity contribution >= 4 is 11.8 Å². The van der Waals surface area contributed by atoms with E-state index in [9.17, 15) is 14.7 Å². The highest BCUT2D eigenvalue weighted by atomic mass is 16.4. The molecule has 3 heteroatoms. The highest BCUT2D eigenvalue weighted by Crippen LogP contribution is 2.43. The monoisotopic (exact) mass is 406 g/mol. The molecule has 1 saturated carbocycles. The Labute approximate surface area is 180 Å². The van der Waals surface area contributed by atoms with Crippen molar-refractivity contribution in [1.82, 2.24) is 0 Å². The van der Waals surface area contributed by atoms with Crippen LogP contribution < -0.4 is 0 Å². The minimum Gasteiger partial charge on any atom is -0.481 e. The summed E-state index contributed by atoms with van der Waals surface area (Å²) in [6.45, 7) is 8.55. The molecule has 2 aromatic rings. The molecule has 30 heavy (non-hydrogen) atoms. The first-order valence-corrected chi connectivity index (χ1v) is 11.1. The first-order chi connectivity index (χ1) is 14.1. The van der Waals surface area contributed by atoms with E-state index in [0.29, 0.717) is 23.3 Å². The van der Waals surface area contributed by atoms with Crippen molar-refractivity contribution < 1.29 is 14.7 Å². The van der Waals surface area contributed by atoms with Crippen LogP contribution in [0.1, 0.15) is 92.3 Å². The van der Waals surface area contributed by atoms with E-state index < -0.39 is 11.9 Å². The number of aliphatic carboxylic acids is 1. The summed E-state index contributed by atoms with van der Waals surface area (Å²) in [7, 11) is 0. The van der Waals surface area contributed by atoms with Crippen LogP contribution in [0.15, 0.2) is 48.5 Å². The molecule has 0 aromatic heterocycles. The lowest BCUT2D eigenvalue weighted by Crippen LogP contribution is -2.25. The average Bonchev–Trinajstić information content (AvgIpc) is 2.72. The molecule has 1 aliphatic rings. The fourth-order valence-electron chi connectivity index (χ4n) is 4.75. The topological polar surface area (TPSA) is 54.4 Å². The van der Waals surface area contributed by atoms with Crippen LogP contribution in [0.3, 0.4) is 0 Å². The third-order valence-corrected chi connectivity index (χ3v) is 6.86. The van der Waals surface area contributed by atoms with Gasteiger partial charge >= 0.3 is 5.97 Å². The van der Waals surface area contributed by atoms with E-state index in [0.717, 1.165) is 17.0 Å². The van der Waals surface area contributed by atoms with Crippen molar-refractivity contribution in [3.63, 3.8) is 0 Å². The Balaban J connectivity index is 1.68. The van der Waals surface area contributed by atoms with Crippen LogP contribution in [0.2, 0.25) is 0 Å². The molecular formula is C27H34O3. The summed E-state index contributed by atoms with van der Waals surface area (Å²) in [6.07, 6.45) is 5.38. The van der Waals surface area contributed by atoms with Crippen molar-refractivity contribution in [2.75, 3.05) is 0 Å². The second-order valence-corrected chi connectivity index (χ2v) is 9.93. The summed E-state index contributed by atoms with van der Waals surface area (Å²) >= 11 is 0. The van der Waals surface area contributed by atoms with E-state index in [1.807, 2.05) is 24.3 Å². The molecule has 3 nitrogen and oxygen atoms in total. The summed E-state index contributed by atoms with van der Waals surface area (Å²) in [5.74, 6) is -0.00903. The number of benzene rings is 2. The van der Waals surface area contributed by atoms with Gasteiger partial charge in [0.05, 0.1) is 5.92 Å². The maximum atomic E-state index is 11.9. The molecule has 1 N–H and O–H groups in total. The minimum atomic E-state index is -0.816. The van der Waals surface area contributed by atoms with Gasteiger partial charge in [0.1, 0.15) is 0 Å². The Morgan fingerprint density at radius 2 is 1.50 bits per heavy atom. The first kappa shape index (κ1) is 22.3. The largest absolute Gasteiger partial charge is 0.481 e. The third-order valence-electron chi connectivity index (χ3n) is 6.86. The predicted octanol–water partition coefficient (Wildman–Crippen LogP) is 6.62. The van der Waals surface area contributed by atoms with E-state index in [4.69, 9.17) is 0 Å². The Bertz CT molecular complexity index is 864. The van der Waals surface area contributed by atoms with E-state index in [2.05, 4.69) is 32.9 Å². The Morgan fingerprint density at radius 3 is 1.97 bits per heavy atom. The van der Waals surface area contributed by atoms with Crippen molar-refractivity contribution in [3.05, 3.63) is 70.8 Å². The van der Waals surface area contributed by atoms with Crippen LogP contribution in [0.5, 0.6) is 0 Å². The number of rotatable bonds is 6. The van der Waals surface area contributed by atoms with Gasteiger partial charge in [-0.1, -0.05) is 69.3 Å². The van der Waals surface area contributed by atoms with E-state index in [1.165, 1.54) is 38.2 Å². The van der Waals surface area contributed by atoms with Gasteiger partial charge in [-0.15, -0.1) is 0 Å². The number of hydrogen-bond donors (Lipinski definition) is 1. The van der Waals surface area contributed by atoms with Crippen LogP contribution in [-0.4, -0.2) is 16.9 Å². The highest BCUT2D eigenvalue weighted by Gasteiger charge is 2.30. The van der Waals surface area contributed by atoms with Crippen molar-refractivity contribution in [1.29, 1.82) is 0 Å². The zero-order valence-corrected chi connectivity index (χ0v) is 18.7. The molecule has 0 unspecified atom stereocenters. The minimum absolute atomic E-state index is 0.0171. The van der Waals surface area contributed by atoms with Crippen molar-refractivity contribution in [3.8, 4) is 0 Å². The van der Waals surface area contributed by atoms with E-state index in [1.54, 1.807) is 12.1 Å². The summed E-state index contributed by atoms with van der Waals surface area (Å²) in [6, 6.07) is 15.5. The Morgan fingerprint density at radius 1 is 0.933 bits per heavy atom. The number of carbonyl (C=O) groups excluding carboxylic acids is 1. The summed E-state index contributed by atoms with van der Waals surface area (Å²) in [5, 5.41) is 9.80. The molecule has 160 valence electrons. The average molecular weight is 407 g/mol. The highest BCUT2D eigenvalue weighted by molar-refractivity contribution is 5.94. The zero-order chi connectivity index (χ0) is 21.9. The second kappa shape index (κ2) is 9.16. The molecule has 0 aliphatic heterocycles. The maximum absolute atomic E-state index is 11.9. The van der Waals surface area contributed by atoms with Gasteiger partial charge in [0.25, 0.3) is 0 Å². The molecule has 0 saturated heterocycles. The molecule has 1 atom stereocenters. The smallest absolute Gasteiger partial charge is 0.311 e. The summed E-state index contributed by atoms with van der Waals surface area (Å²) in [4.78, 5) is 23.4. The van der Waals surface area contributed by atoms with Crippen LogP contribution >= 0.6 is 0 Å². The summed E-state index contributed by atoms with van der Waals surface area (Å²) in [5.41, 5.74) is 4.13. The lowest BCUT2D eigenvalue weighted by atomic mass is 9.68. The van der Waals surface area contributed by atoms with Gasteiger partial charge in [0.15, 0.2) is 5.78 Å². The zero-order valence-electron chi connectivity index (χ0n) is 18.7. The number of carbonyl (C=O) groups is 2. The maximum Gasteiger partial charge on any atom is 0.311 e. The lowest BCUT2D eigenvalue weighted by Gasteiger charge is -2.37. The normalized spacial score (nSPS) is 20.5. The Hall–Kier alpha value is -2.42. The quantitative estimate of drug-likeness (QED) is 0.548. The standard InChI is InChI=1S/C27H34O3/c1-18(28)20-7-5-19(6-8-20)17-25(26(29)30)23-11-9-21(10-12-23)22-13-15-24(16-14-22)27(2,3)4/h5-12,22,24-25H,13-17H2,1-4H3,(H,29,30)/t22?,24?,25-/m1/s1. The lowest BCUT2D eigenvalue weighted by molar-refractivity contribution is -0.138. The first-order valence-electron chi connectivity index (χ1n) is 11.1. The van der Waals surface area contributed by atoms with Crippen molar-refractivity contribution in [2.24, 2.45) is 11.3 Å². The van der Waals surface area contributed by atoms with Gasteiger partial charge in [0, 0.05) is 5.56 Å². The van der Waals surface area contributed by atoms with Crippen LogP contribution in [0.4, 0.5) is 0 Å². The number of carboxylic acids is 1. The van der Waals surface area contributed by atoms with Crippen LogP contribution in [0.25, 0.3) is 0 Å². The molecule has 0 radical (unpaired) electrons. The van der Waals surface area contributed by atoms with Gasteiger partial charge < -0.3 is 5.11 Å². The fraction of sp³-hybridized carbons (Fsp3) is 0.481. The molecule has 0 spiro atoms.